The highest BCUT2D eigenvalue weighted by molar-refractivity contribution is 7.15. The Morgan fingerprint density at radius 3 is 2.86 bits per heavy atom. The number of rotatable bonds is 7. The third kappa shape index (κ3) is 2.81. The quantitative estimate of drug-likeness (QED) is 0.852. The van der Waals surface area contributed by atoms with Crippen molar-refractivity contribution in [1.29, 1.82) is 0 Å². The smallest absolute Gasteiger partial charge is 0.195 e. The standard InChI is InChI=1S/C16H24N4S/c1-11(2)17-9-14-15(18-16-19(14)7-8-21-16)20(13-5-6-13)10-12-3-4-12/h7-8,11-13,17H,3-6,9-10H2,1-2H3. The van der Waals surface area contributed by atoms with Gasteiger partial charge in [0, 0.05) is 36.8 Å². The SMILES string of the molecule is CC(C)NCc1c(N(CC2CC2)C2CC2)nc2sccn12. The van der Waals surface area contributed by atoms with Crippen molar-refractivity contribution in [3.8, 4) is 0 Å². The largest absolute Gasteiger partial charge is 0.352 e. The molecule has 0 saturated heterocycles. The van der Waals surface area contributed by atoms with Crippen molar-refractivity contribution in [3.05, 3.63) is 17.3 Å². The van der Waals surface area contributed by atoms with Crippen LogP contribution in [-0.2, 0) is 6.54 Å². The third-order valence-electron chi connectivity index (χ3n) is 4.43. The van der Waals surface area contributed by atoms with E-state index in [4.69, 9.17) is 4.98 Å². The predicted octanol–water partition coefficient (Wildman–Crippen LogP) is 3.27. The predicted molar refractivity (Wildman–Crippen MR) is 88.1 cm³/mol. The van der Waals surface area contributed by atoms with Crippen molar-refractivity contribution in [1.82, 2.24) is 14.7 Å². The second-order valence-corrected chi connectivity index (χ2v) is 7.67. The summed E-state index contributed by atoms with van der Waals surface area (Å²) in [7, 11) is 0. The molecule has 2 saturated carbocycles. The van der Waals surface area contributed by atoms with Crippen LogP contribution >= 0.6 is 11.3 Å². The van der Waals surface area contributed by atoms with Gasteiger partial charge in [0.05, 0.1) is 5.69 Å². The molecule has 0 unspecified atom stereocenters. The maximum absolute atomic E-state index is 4.96. The van der Waals surface area contributed by atoms with Crippen LogP contribution in [0.5, 0.6) is 0 Å². The van der Waals surface area contributed by atoms with Gasteiger partial charge in [-0.3, -0.25) is 4.40 Å². The van der Waals surface area contributed by atoms with Crippen LogP contribution < -0.4 is 10.2 Å². The average molecular weight is 304 g/mol. The van der Waals surface area contributed by atoms with Gasteiger partial charge in [-0.2, -0.15) is 0 Å². The summed E-state index contributed by atoms with van der Waals surface area (Å²) < 4.78 is 2.28. The number of hydrogen-bond donors (Lipinski definition) is 1. The molecule has 4 nitrogen and oxygen atoms in total. The second-order valence-electron chi connectivity index (χ2n) is 6.80. The van der Waals surface area contributed by atoms with Gasteiger partial charge in [0.25, 0.3) is 0 Å². The molecule has 2 aromatic heterocycles. The minimum absolute atomic E-state index is 0.500. The Bertz CT molecular complexity index is 621. The molecule has 0 radical (unpaired) electrons. The molecule has 0 atom stereocenters. The van der Waals surface area contributed by atoms with Gasteiger partial charge >= 0.3 is 0 Å². The molecule has 1 N–H and O–H groups in total. The van der Waals surface area contributed by atoms with Gasteiger partial charge in [0.2, 0.25) is 0 Å². The minimum Gasteiger partial charge on any atom is -0.352 e. The Kier molecular flexibility index (Phi) is 3.42. The van der Waals surface area contributed by atoms with E-state index in [1.54, 1.807) is 11.3 Å². The number of hydrogen-bond acceptors (Lipinski definition) is 4. The fourth-order valence-corrected chi connectivity index (χ4v) is 3.62. The molecule has 0 spiro atoms. The maximum Gasteiger partial charge on any atom is 0.195 e. The van der Waals surface area contributed by atoms with Crippen LogP contribution in [0.3, 0.4) is 0 Å². The molecule has 21 heavy (non-hydrogen) atoms. The van der Waals surface area contributed by atoms with Gasteiger partial charge in [-0.25, -0.2) is 4.98 Å². The fraction of sp³-hybridized carbons (Fsp3) is 0.688. The summed E-state index contributed by atoms with van der Waals surface area (Å²) in [4.78, 5) is 8.70. The summed E-state index contributed by atoms with van der Waals surface area (Å²) in [5.41, 5.74) is 1.34. The molecular weight excluding hydrogens is 280 g/mol. The van der Waals surface area contributed by atoms with Gasteiger partial charge in [0.1, 0.15) is 0 Å². The lowest BCUT2D eigenvalue weighted by atomic mass is 10.3. The molecule has 2 aromatic rings. The molecular formula is C16H24N4S. The van der Waals surface area contributed by atoms with Crippen LogP contribution in [0, 0.1) is 5.92 Å². The Morgan fingerprint density at radius 1 is 1.38 bits per heavy atom. The van der Waals surface area contributed by atoms with Crippen LogP contribution in [0.1, 0.15) is 45.2 Å². The highest BCUT2D eigenvalue weighted by Crippen LogP contribution is 2.39. The van der Waals surface area contributed by atoms with Crippen molar-refractivity contribution in [2.75, 3.05) is 11.4 Å². The van der Waals surface area contributed by atoms with Crippen LogP contribution in [0.4, 0.5) is 5.82 Å². The van der Waals surface area contributed by atoms with E-state index in [-0.39, 0.29) is 0 Å². The minimum atomic E-state index is 0.500. The van der Waals surface area contributed by atoms with E-state index in [0.717, 1.165) is 23.5 Å². The second kappa shape index (κ2) is 5.29. The van der Waals surface area contributed by atoms with Crippen molar-refractivity contribution >= 4 is 22.1 Å². The molecule has 0 aromatic carbocycles. The first-order chi connectivity index (χ1) is 10.2. The van der Waals surface area contributed by atoms with Gasteiger partial charge in [-0.15, -0.1) is 11.3 Å². The number of imidazole rings is 1. The molecule has 5 heteroatoms. The number of thiazole rings is 1. The summed E-state index contributed by atoms with van der Waals surface area (Å²) >= 11 is 1.74. The average Bonchev–Trinajstić information content (AvgIpc) is 3.34. The van der Waals surface area contributed by atoms with Crippen molar-refractivity contribution in [2.45, 2.75) is 58.2 Å². The van der Waals surface area contributed by atoms with E-state index in [9.17, 15) is 0 Å². The Labute approximate surface area is 130 Å². The molecule has 2 heterocycles. The van der Waals surface area contributed by atoms with Crippen molar-refractivity contribution < 1.29 is 0 Å². The zero-order chi connectivity index (χ0) is 14.4. The van der Waals surface area contributed by atoms with E-state index in [2.05, 4.69) is 40.0 Å². The summed E-state index contributed by atoms with van der Waals surface area (Å²) in [5, 5.41) is 5.70. The normalized spacial score (nSPS) is 18.8. The lowest BCUT2D eigenvalue weighted by molar-refractivity contribution is 0.577. The first-order valence-electron chi connectivity index (χ1n) is 8.17. The van der Waals surface area contributed by atoms with E-state index >= 15 is 0 Å². The van der Waals surface area contributed by atoms with Crippen LogP contribution in [0.25, 0.3) is 4.96 Å². The molecule has 2 fully saturated rings. The lowest BCUT2D eigenvalue weighted by Crippen LogP contribution is -2.31. The monoisotopic (exact) mass is 304 g/mol. The van der Waals surface area contributed by atoms with E-state index in [1.165, 1.54) is 43.7 Å². The van der Waals surface area contributed by atoms with Crippen molar-refractivity contribution in [3.63, 3.8) is 0 Å². The van der Waals surface area contributed by atoms with Gasteiger partial charge < -0.3 is 10.2 Å². The number of fused-ring (bicyclic) bond motifs is 1. The molecule has 0 amide bonds. The van der Waals surface area contributed by atoms with Crippen LogP contribution in [0.2, 0.25) is 0 Å². The lowest BCUT2D eigenvalue weighted by Gasteiger charge is -2.24. The molecule has 2 aliphatic rings. The molecule has 0 bridgehead atoms. The maximum atomic E-state index is 4.96. The number of nitrogens with one attached hydrogen (secondary N) is 1. The molecule has 2 aliphatic carbocycles. The summed E-state index contributed by atoms with van der Waals surface area (Å²) in [6.45, 7) is 6.52. The topological polar surface area (TPSA) is 32.6 Å². The zero-order valence-electron chi connectivity index (χ0n) is 12.9. The zero-order valence-corrected chi connectivity index (χ0v) is 13.7. The molecule has 114 valence electrons. The Morgan fingerprint density at radius 2 is 2.19 bits per heavy atom. The van der Waals surface area contributed by atoms with Gasteiger partial charge in [0.15, 0.2) is 10.8 Å². The summed E-state index contributed by atoms with van der Waals surface area (Å²) in [6.07, 6.45) is 7.66. The van der Waals surface area contributed by atoms with Crippen molar-refractivity contribution in [2.24, 2.45) is 5.92 Å². The number of aromatic nitrogens is 2. The summed E-state index contributed by atoms with van der Waals surface area (Å²) in [6, 6.07) is 1.24. The van der Waals surface area contributed by atoms with E-state index in [1.807, 2.05) is 0 Å². The number of nitrogens with zero attached hydrogens (tertiary/aromatic N) is 3. The van der Waals surface area contributed by atoms with Crippen LogP contribution in [-0.4, -0.2) is 28.0 Å². The molecule has 0 aliphatic heterocycles. The Hall–Kier alpha value is -1.07. The number of anilines is 1. The highest BCUT2D eigenvalue weighted by atomic mass is 32.1. The first-order valence-corrected chi connectivity index (χ1v) is 9.05. The van der Waals surface area contributed by atoms with E-state index < -0.39 is 0 Å². The highest BCUT2D eigenvalue weighted by Gasteiger charge is 2.36. The van der Waals surface area contributed by atoms with Gasteiger partial charge in [-0.1, -0.05) is 13.8 Å². The van der Waals surface area contributed by atoms with Crippen LogP contribution in [0.15, 0.2) is 11.6 Å². The molecule has 4 rings (SSSR count). The fourth-order valence-electron chi connectivity index (χ4n) is 2.89. The van der Waals surface area contributed by atoms with E-state index in [0.29, 0.717) is 6.04 Å². The third-order valence-corrected chi connectivity index (χ3v) is 5.19. The Balaban J connectivity index is 1.67. The van der Waals surface area contributed by atoms with Gasteiger partial charge in [-0.05, 0) is 31.6 Å². The summed E-state index contributed by atoms with van der Waals surface area (Å²) in [5.74, 6) is 2.15. The first kappa shape index (κ1) is 13.6.